The molecule has 0 aromatic carbocycles. The quantitative estimate of drug-likeness (QED) is 0.480. The number of hydrogen-bond donors (Lipinski definition) is 1. The fourth-order valence-electron chi connectivity index (χ4n) is 1.47. The number of aliphatic hydroxyl groups excluding tert-OH is 1. The molecule has 5 nitrogen and oxygen atoms in total. The molecule has 0 bridgehead atoms. The smallest absolute Gasteiger partial charge is 0.330 e. The van der Waals surface area contributed by atoms with Gasteiger partial charge in [-0.05, 0) is 38.4 Å². The summed E-state index contributed by atoms with van der Waals surface area (Å²) in [5.41, 5.74) is 0. The molecule has 1 N–H and O–H groups in total. The van der Waals surface area contributed by atoms with E-state index in [4.69, 9.17) is 13.5 Å². The van der Waals surface area contributed by atoms with E-state index in [-0.39, 0.29) is 17.8 Å². The molecule has 0 aliphatic carbocycles. The Morgan fingerprint density at radius 3 is 2.00 bits per heavy atom. The number of hydrogen-bond acceptors (Lipinski definition) is 5. The van der Waals surface area contributed by atoms with Crippen molar-refractivity contribution >= 4 is 15.9 Å². The Morgan fingerprint density at radius 1 is 1.14 bits per heavy atom. The minimum atomic E-state index is -3.07. The summed E-state index contributed by atoms with van der Waals surface area (Å²) in [5, 5.41) is 10.2. The van der Waals surface area contributed by atoms with Crippen molar-refractivity contribution in [1.82, 2.24) is 0 Å². The highest BCUT2D eigenvalue weighted by Gasteiger charge is 2.37. The Labute approximate surface area is 131 Å². The molecule has 0 fully saturated rings. The molecule has 1 atom stereocenters. The van der Waals surface area contributed by atoms with Crippen LogP contribution in [-0.2, 0) is 18.0 Å². The van der Waals surface area contributed by atoms with E-state index >= 15 is 0 Å². The van der Waals surface area contributed by atoms with Gasteiger partial charge in [0.05, 0.1) is 32.1 Å². The number of rotatable bonds is 10. The molecule has 1 unspecified atom stereocenters. The van der Waals surface area contributed by atoms with Crippen molar-refractivity contribution in [3.05, 3.63) is 0 Å². The van der Waals surface area contributed by atoms with Crippen LogP contribution >= 0.6 is 7.60 Å². The Bertz CT molecular complexity index is 331. The highest BCUT2D eigenvalue weighted by molar-refractivity contribution is 7.53. The maximum absolute atomic E-state index is 12.3. The molecule has 21 heavy (non-hydrogen) atoms. The zero-order valence-corrected chi connectivity index (χ0v) is 16.5. The van der Waals surface area contributed by atoms with Crippen molar-refractivity contribution in [1.29, 1.82) is 0 Å². The van der Waals surface area contributed by atoms with Gasteiger partial charge in [0, 0.05) is 0 Å². The molecule has 0 spiro atoms. The van der Waals surface area contributed by atoms with Crippen LogP contribution in [0.4, 0.5) is 0 Å². The molecule has 0 rings (SSSR count). The first-order valence-electron chi connectivity index (χ1n) is 7.67. The number of aliphatic hydroxyl groups is 1. The van der Waals surface area contributed by atoms with E-state index < -0.39 is 22.0 Å². The van der Waals surface area contributed by atoms with Crippen molar-refractivity contribution in [2.75, 3.05) is 26.0 Å². The summed E-state index contributed by atoms with van der Waals surface area (Å²) in [5.74, 6) is 0. The monoisotopic (exact) mass is 340 g/mol. The predicted octanol–water partition coefficient (Wildman–Crippen LogP) is 4.03. The SMILES string of the molecule is CCOP(=O)(CCC(O)CO[Si](C)(C)C(C)(C)C)OCC. The molecule has 0 amide bonds. The average molecular weight is 340 g/mol. The fraction of sp³-hybridized carbons (Fsp3) is 1.00. The second kappa shape index (κ2) is 8.80. The standard InChI is InChI=1S/C14H33O5PSi/c1-8-17-20(16,18-9-2)11-10-13(15)12-19-21(6,7)14(3,4)5/h13,15H,8-12H2,1-7H3. The average Bonchev–Trinajstić information content (AvgIpc) is 2.33. The van der Waals surface area contributed by atoms with Crippen LogP contribution in [0.3, 0.4) is 0 Å². The van der Waals surface area contributed by atoms with Crippen LogP contribution in [0.1, 0.15) is 41.0 Å². The van der Waals surface area contributed by atoms with Gasteiger partial charge in [0.15, 0.2) is 8.32 Å². The van der Waals surface area contributed by atoms with Gasteiger partial charge in [0.25, 0.3) is 0 Å². The Kier molecular flexibility index (Phi) is 8.92. The highest BCUT2D eigenvalue weighted by Crippen LogP contribution is 2.48. The Morgan fingerprint density at radius 2 is 1.62 bits per heavy atom. The molecule has 0 radical (unpaired) electrons. The van der Waals surface area contributed by atoms with E-state index in [0.717, 1.165) is 0 Å². The summed E-state index contributed by atoms with van der Waals surface area (Å²) in [4.78, 5) is 0. The van der Waals surface area contributed by atoms with Gasteiger partial charge < -0.3 is 18.6 Å². The van der Waals surface area contributed by atoms with Crippen LogP contribution in [0, 0.1) is 0 Å². The van der Waals surface area contributed by atoms with E-state index in [1.807, 2.05) is 0 Å². The second-order valence-electron chi connectivity index (χ2n) is 6.68. The van der Waals surface area contributed by atoms with Gasteiger partial charge in [-0.25, -0.2) is 0 Å². The third-order valence-electron chi connectivity index (χ3n) is 3.83. The van der Waals surface area contributed by atoms with Gasteiger partial charge >= 0.3 is 7.60 Å². The summed E-state index contributed by atoms with van der Waals surface area (Å²) in [6, 6.07) is 0. The first-order valence-corrected chi connectivity index (χ1v) is 12.3. The molecule has 7 heteroatoms. The zero-order chi connectivity index (χ0) is 16.7. The molecule has 0 heterocycles. The third-order valence-corrected chi connectivity index (χ3v) is 10.4. The molecular weight excluding hydrogens is 307 g/mol. The molecule has 0 aliphatic rings. The lowest BCUT2D eigenvalue weighted by molar-refractivity contribution is 0.0951. The second-order valence-corrected chi connectivity index (χ2v) is 13.7. The van der Waals surface area contributed by atoms with E-state index in [0.29, 0.717) is 19.6 Å². The van der Waals surface area contributed by atoms with E-state index in [9.17, 15) is 9.67 Å². The summed E-state index contributed by atoms with van der Waals surface area (Å²) in [6.07, 6.45) is -0.0730. The van der Waals surface area contributed by atoms with Crippen LogP contribution in [0.2, 0.25) is 18.1 Å². The van der Waals surface area contributed by atoms with Gasteiger partial charge in [-0.3, -0.25) is 4.57 Å². The molecule has 0 aromatic rings. The van der Waals surface area contributed by atoms with Gasteiger partial charge in [0.2, 0.25) is 0 Å². The van der Waals surface area contributed by atoms with Crippen molar-refractivity contribution in [2.45, 2.75) is 65.3 Å². The van der Waals surface area contributed by atoms with Crippen LogP contribution in [-0.4, -0.2) is 45.5 Å². The maximum Gasteiger partial charge on any atom is 0.330 e. The predicted molar refractivity (Wildman–Crippen MR) is 89.5 cm³/mol. The lowest BCUT2D eigenvalue weighted by Crippen LogP contribution is -2.42. The van der Waals surface area contributed by atoms with Crippen LogP contribution in [0.15, 0.2) is 0 Å². The molecule has 0 saturated heterocycles. The van der Waals surface area contributed by atoms with Gasteiger partial charge in [-0.1, -0.05) is 20.8 Å². The summed E-state index contributed by atoms with van der Waals surface area (Å²) >= 11 is 0. The van der Waals surface area contributed by atoms with Gasteiger partial charge in [-0.15, -0.1) is 0 Å². The summed E-state index contributed by atoms with van der Waals surface area (Å²) in [7, 11) is -4.94. The minimum absolute atomic E-state index is 0.110. The molecule has 0 aromatic heterocycles. The van der Waals surface area contributed by atoms with Crippen LogP contribution < -0.4 is 0 Å². The largest absolute Gasteiger partial charge is 0.414 e. The third kappa shape index (κ3) is 7.91. The highest BCUT2D eigenvalue weighted by atomic mass is 31.2. The lowest BCUT2D eigenvalue weighted by atomic mass is 10.2. The summed E-state index contributed by atoms with van der Waals surface area (Å²) in [6.45, 7) is 15.3. The first kappa shape index (κ1) is 21.3. The topological polar surface area (TPSA) is 65.0 Å². The minimum Gasteiger partial charge on any atom is -0.414 e. The van der Waals surface area contributed by atoms with E-state index in [1.54, 1.807) is 13.8 Å². The van der Waals surface area contributed by atoms with Gasteiger partial charge in [-0.2, -0.15) is 0 Å². The van der Waals surface area contributed by atoms with Crippen molar-refractivity contribution < 1.29 is 23.1 Å². The van der Waals surface area contributed by atoms with Gasteiger partial charge in [0.1, 0.15) is 0 Å². The molecular formula is C14H33O5PSi. The van der Waals surface area contributed by atoms with Crippen molar-refractivity contribution in [3.8, 4) is 0 Å². The zero-order valence-electron chi connectivity index (χ0n) is 14.6. The van der Waals surface area contributed by atoms with E-state index in [1.165, 1.54) is 0 Å². The van der Waals surface area contributed by atoms with Crippen molar-refractivity contribution in [2.24, 2.45) is 0 Å². The first-order chi connectivity index (χ1) is 9.47. The normalized spacial score (nSPS) is 15.2. The Balaban J connectivity index is 4.32. The molecule has 0 aliphatic heterocycles. The lowest BCUT2D eigenvalue weighted by Gasteiger charge is -2.36. The van der Waals surface area contributed by atoms with Crippen LogP contribution in [0.25, 0.3) is 0 Å². The maximum atomic E-state index is 12.3. The molecule has 0 saturated carbocycles. The van der Waals surface area contributed by atoms with Crippen molar-refractivity contribution in [3.63, 3.8) is 0 Å². The molecule has 128 valence electrons. The Hall–Kier alpha value is 0.287. The van der Waals surface area contributed by atoms with Crippen LogP contribution in [0.5, 0.6) is 0 Å². The fourth-order valence-corrected chi connectivity index (χ4v) is 4.25. The van der Waals surface area contributed by atoms with E-state index in [2.05, 4.69) is 33.9 Å². The summed E-state index contributed by atoms with van der Waals surface area (Å²) < 4.78 is 28.7.